The van der Waals surface area contributed by atoms with Gasteiger partial charge in [0.05, 0.1) is 6.54 Å². The minimum Gasteiger partial charge on any atom is -0.506 e. The van der Waals surface area contributed by atoms with E-state index in [0.29, 0.717) is 18.7 Å². The third-order valence-corrected chi connectivity index (χ3v) is 3.40. The highest BCUT2D eigenvalue weighted by Crippen LogP contribution is 2.22. The van der Waals surface area contributed by atoms with Gasteiger partial charge in [0.1, 0.15) is 11.6 Å². The first-order chi connectivity index (χ1) is 10.6. The normalized spacial score (nSPS) is 14.4. The van der Waals surface area contributed by atoms with Crippen LogP contribution in [0.2, 0.25) is 0 Å². The lowest BCUT2D eigenvalue weighted by atomic mass is 10.0. The molecule has 1 heterocycles. The number of benzene rings is 1. The van der Waals surface area contributed by atoms with Crippen molar-refractivity contribution in [3.63, 3.8) is 0 Å². The van der Waals surface area contributed by atoms with E-state index in [9.17, 15) is 14.3 Å². The van der Waals surface area contributed by atoms with Gasteiger partial charge in [0.25, 0.3) is 0 Å². The van der Waals surface area contributed by atoms with Crippen molar-refractivity contribution in [1.82, 2.24) is 10.2 Å². The van der Waals surface area contributed by atoms with Crippen LogP contribution in [0.4, 0.5) is 4.39 Å². The van der Waals surface area contributed by atoms with E-state index in [1.807, 2.05) is 0 Å². The number of nitrogens with zero attached hydrogens (tertiary/aromatic N) is 1. The Morgan fingerprint density at radius 1 is 1.45 bits per heavy atom. The average Bonchev–Trinajstić information content (AvgIpc) is 2.47. The number of nitrogens with one attached hydrogen (secondary N) is 1. The Labute approximate surface area is 129 Å². The fourth-order valence-corrected chi connectivity index (χ4v) is 2.32. The summed E-state index contributed by atoms with van der Waals surface area (Å²) in [5.74, 6) is -0.346. The summed E-state index contributed by atoms with van der Waals surface area (Å²) in [5, 5.41) is 12.7. The highest BCUT2D eigenvalue weighted by molar-refractivity contribution is 5.79. The van der Waals surface area contributed by atoms with Crippen LogP contribution in [-0.4, -0.2) is 35.5 Å². The summed E-state index contributed by atoms with van der Waals surface area (Å²) in [6, 6.07) is 6.21. The molecule has 118 valence electrons. The number of aliphatic hydroxyl groups is 1. The zero-order valence-electron chi connectivity index (χ0n) is 12.7. The van der Waals surface area contributed by atoms with Gasteiger partial charge in [0.15, 0.2) is 0 Å². The van der Waals surface area contributed by atoms with E-state index in [1.165, 1.54) is 18.3 Å². The second kappa shape index (κ2) is 7.64. The molecule has 1 aliphatic heterocycles. The second-order valence-corrected chi connectivity index (χ2v) is 5.34. The third kappa shape index (κ3) is 4.62. The van der Waals surface area contributed by atoms with Gasteiger partial charge >= 0.3 is 0 Å². The quantitative estimate of drug-likeness (QED) is 0.795. The van der Waals surface area contributed by atoms with Crippen LogP contribution in [-0.2, 0) is 4.79 Å². The minimum atomic E-state index is -0.323. The number of allylic oxidation sites excluding steroid dienone is 1. The number of carbonyl (C=O) groups is 1. The summed E-state index contributed by atoms with van der Waals surface area (Å²) in [6.45, 7) is 3.34. The molecule has 2 N–H and O–H groups in total. The number of carbonyl (C=O) groups excluding carboxylic acids is 1. The second-order valence-electron chi connectivity index (χ2n) is 5.34. The molecule has 2 rings (SSSR count). The van der Waals surface area contributed by atoms with Gasteiger partial charge in [0.2, 0.25) is 5.91 Å². The summed E-state index contributed by atoms with van der Waals surface area (Å²) in [6.07, 6.45) is 5.10. The largest absolute Gasteiger partial charge is 0.506 e. The van der Waals surface area contributed by atoms with Crippen molar-refractivity contribution in [3.05, 3.63) is 53.7 Å². The molecule has 1 amide bonds. The van der Waals surface area contributed by atoms with E-state index in [1.54, 1.807) is 23.1 Å². The number of hydrogen-bond acceptors (Lipinski definition) is 3. The van der Waals surface area contributed by atoms with Gasteiger partial charge < -0.3 is 15.3 Å². The maximum atomic E-state index is 13.3. The average molecular weight is 304 g/mol. The monoisotopic (exact) mass is 304 g/mol. The number of amides is 1. The van der Waals surface area contributed by atoms with Crippen LogP contribution in [0.1, 0.15) is 25.3 Å². The fourth-order valence-electron chi connectivity index (χ4n) is 2.32. The maximum absolute atomic E-state index is 13.3. The standard InChI is InChI=1S/C17H21FN2O2/c1-2-3-7-19-17(22)12-20-10-14(9-16(21)11-20)13-5-4-6-15(18)8-13/h4-6,8-9,11,21H,2-3,7,10,12H2,1H3,(H,19,22). The van der Waals surface area contributed by atoms with Crippen LogP contribution in [0, 0.1) is 5.82 Å². The van der Waals surface area contributed by atoms with Crippen LogP contribution in [0.25, 0.3) is 5.57 Å². The molecule has 4 nitrogen and oxygen atoms in total. The fraction of sp³-hybridized carbons (Fsp3) is 0.353. The molecule has 0 saturated heterocycles. The van der Waals surface area contributed by atoms with Crippen LogP contribution >= 0.6 is 0 Å². The van der Waals surface area contributed by atoms with Gasteiger partial charge in [-0.05, 0) is 35.8 Å². The predicted octanol–water partition coefficient (Wildman–Crippen LogP) is 2.84. The van der Waals surface area contributed by atoms with Crippen molar-refractivity contribution in [2.75, 3.05) is 19.6 Å². The lowest BCUT2D eigenvalue weighted by molar-refractivity contribution is -0.121. The molecule has 0 spiro atoms. The van der Waals surface area contributed by atoms with Crippen LogP contribution < -0.4 is 5.32 Å². The highest BCUT2D eigenvalue weighted by Gasteiger charge is 2.16. The third-order valence-electron chi connectivity index (χ3n) is 3.40. The highest BCUT2D eigenvalue weighted by atomic mass is 19.1. The molecule has 1 aliphatic rings. The van der Waals surface area contributed by atoms with Crippen LogP contribution in [0.5, 0.6) is 0 Å². The lowest BCUT2D eigenvalue weighted by Crippen LogP contribution is -2.36. The first kappa shape index (κ1) is 16.1. The molecular formula is C17H21FN2O2. The molecule has 0 bridgehead atoms. The molecule has 0 aliphatic carbocycles. The molecule has 0 radical (unpaired) electrons. The Morgan fingerprint density at radius 2 is 2.27 bits per heavy atom. The Bertz CT molecular complexity index is 596. The van der Waals surface area contributed by atoms with E-state index >= 15 is 0 Å². The van der Waals surface area contributed by atoms with E-state index in [-0.39, 0.29) is 24.0 Å². The summed E-state index contributed by atoms with van der Waals surface area (Å²) < 4.78 is 13.3. The summed E-state index contributed by atoms with van der Waals surface area (Å²) >= 11 is 0. The minimum absolute atomic E-state index is 0.0619. The van der Waals surface area contributed by atoms with Gasteiger partial charge in [-0.3, -0.25) is 4.79 Å². The topological polar surface area (TPSA) is 52.6 Å². The zero-order chi connectivity index (χ0) is 15.9. The number of halogens is 1. The first-order valence-electron chi connectivity index (χ1n) is 7.46. The smallest absolute Gasteiger partial charge is 0.239 e. The molecule has 1 aromatic rings. The van der Waals surface area contributed by atoms with Crippen molar-refractivity contribution in [2.45, 2.75) is 19.8 Å². The van der Waals surface area contributed by atoms with Crippen molar-refractivity contribution >= 4 is 11.5 Å². The zero-order valence-corrected chi connectivity index (χ0v) is 12.7. The van der Waals surface area contributed by atoms with Crippen molar-refractivity contribution in [2.24, 2.45) is 0 Å². The number of rotatable bonds is 6. The van der Waals surface area contributed by atoms with Gasteiger partial charge in [-0.2, -0.15) is 0 Å². The summed E-state index contributed by atoms with van der Waals surface area (Å²) in [4.78, 5) is 13.6. The van der Waals surface area contributed by atoms with E-state index in [0.717, 1.165) is 18.4 Å². The molecule has 0 aromatic heterocycles. The lowest BCUT2D eigenvalue weighted by Gasteiger charge is -2.25. The van der Waals surface area contributed by atoms with Gasteiger partial charge in [-0.25, -0.2) is 4.39 Å². The van der Waals surface area contributed by atoms with Gasteiger partial charge in [-0.1, -0.05) is 25.5 Å². The Hall–Kier alpha value is -2.30. The molecule has 0 atom stereocenters. The van der Waals surface area contributed by atoms with Crippen molar-refractivity contribution in [1.29, 1.82) is 0 Å². The summed E-state index contributed by atoms with van der Waals surface area (Å²) in [7, 11) is 0. The number of aliphatic hydroxyl groups excluding tert-OH is 1. The van der Waals surface area contributed by atoms with E-state index in [4.69, 9.17) is 0 Å². The predicted molar refractivity (Wildman–Crippen MR) is 84.6 cm³/mol. The Morgan fingerprint density at radius 3 is 3.00 bits per heavy atom. The molecule has 0 unspecified atom stereocenters. The molecule has 5 heteroatoms. The van der Waals surface area contributed by atoms with Crippen molar-refractivity contribution < 1.29 is 14.3 Å². The van der Waals surface area contributed by atoms with Crippen molar-refractivity contribution in [3.8, 4) is 0 Å². The molecule has 22 heavy (non-hydrogen) atoms. The van der Waals surface area contributed by atoms with Crippen LogP contribution in [0.3, 0.4) is 0 Å². The molecule has 1 aromatic carbocycles. The first-order valence-corrected chi connectivity index (χ1v) is 7.46. The Balaban J connectivity index is 1.99. The van der Waals surface area contributed by atoms with Crippen LogP contribution in [0.15, 0.2) is 42.3 Å². The van der Waals surface area contributed by atoms with E-state index < -0.39 is 0 Å². The number of unbranched alkanes of at least 4 members (excludes halogenated alkanes) is 1. The SMILES string of the molecule is CCCCNC(=O)CN1C=C(O)C=C(c2cccc(F)c2)C1. The van der Waals surface area contributed by atoms with Gasteiger partial charge in [0, 0.05) is 19.3 Å². The summed E-state index contributed by atoms with van der Waals surface area (Å²) in [5.41, 5.74) is 1.48. The molecule has 0 saturated carbocycles. The molecule has 0 fully saturated rings. The maximum Gasteiger partial charge on any atom is 0.239 e. The number of hydrogen-bond donors (Lipinski definition) is 2. The van der Waals surface area contributed by atoms with Gasteiger partial charge in [-0.15, -0.1) is 0 Å². The molecular weight excluding hydrogens is 283 g/mol. The Kier molecular flexibility index (Phi) is 5.58. The van der Waals surface area contributed by atoms with E-state index in [2.05, 4.69) is 12.2 Å².